The summed E-state index contributed by atoms with van der Waals surface area (Å²) >= 11 is 0. The van der Waals surface area contributed by atoms with Crippen molar-refractivity contribution in [3.63, 3.8) is 0 Å². The maximum Gasteiger partial charge on any atom is 1.00 e. The molecule has 0 spiro atoms. The number of aliphatic carboxylic acids is 1. The number of phenolic OH excluding ortho intramolecular Hbond substituents is 1. The molecule has 0 aromatic heterocycles. The van der Waals surface area contributed by atoms with E-state index in [1.807, 2.05) is 12.1 Å². The van der Waals surface area contributed by atoms with Gasteiger partial charge in [-0.05, 0) is 78.5 Å². The van der Waals surface area contributed by atoms with Gasteiger partial charge in [-0.2, -0.15) is 0 Å². The molecule has 0 unspecified atom stereocenters. The van der Waals surface area contributed by atoms with Crippen molar-refractivity contribution >= 4 is 5.97 Å². The maximum atomic E-state index is 11.3. The fourth-order valence-corrected chi connectivity index (χ4v) is 6.99. The van der Waals surface area contributed by atoms with Crippen molar-refractivity contribution in [2.24, 2.45) is 17.3 Å². The van der Waals surface area contributed by atoms with Crippen LogP contribution in [0.15, 0.2) is 18.2 Å². The Morgan fingerprint density at radius 3 is 2.59 bits per heavy atom. The number of aromatic hydroxyl groups is 1. The number of fused-ring (bicyclic) bond motifs is 5. The molecule has 3 aliphatic carbocycles. The van der Waals surface area contributed by atoms with Gasteiger partial charge in [-0.1, -0.05) is 13.0 Å². The molecule has 1 aliphatic heterocycles. The summed E-state index contributed by atoms with van der Waals surface area (Å²) in [5, 5.41) is 62.6. The first-order chi connectivity index (χ1) is 15.6. The van der Waals surface area contributed by atoms with Crippen LogP contribution in [0.2, 0.25) is 0 Å². The van der Waals surface area contributed by atoms with Crippen LogP contribution in [0.1, 0.15) is 49.7 Å². The molecule has 34 heavy (non-hydrogen) atoms. The van der Waals surface area contributed by atoms with Crippen molar-refractivity contribution in [2.75, 3.05) is 0 Å². The molecule has 182 valence electrons. The standard InChI is InChI=1S/C24H32O9.Na/c1-24-7-6-13-12-5-3-11(25)8-10(12)2-4-14(13)15(24)9-16(21(24)29)32-23-19(28)17(26)18(27)20(33-23)22(30)31;/h3,5,8,13-21,23,25-29H,2,4,6-7,9H2,1H3,(H,30,31);/q;+1/p-1/t13-,14-,15+,16-,17+,18+,19-,20+,21+,23-,24+;/m1./s1. The first kappa shape index (κ1) is 26.3. The third-order valence-electron chi connectivity index (χ3n) is 8.77. The number of aliphatic hydroxyl groups excluding tert-OH is 4. The van der Waals surface area contributed by atoms with Gasteiger partial charge in [-0.3, -0.25) is 0 Å². The van der Waals surface area contributed by atoms with Crippen molar-refractivity contribution in [3.05, 3.63) is 29.3 Å². The zero-order chi connectivity index (χ0) is 23.7. The molecule has 1 aromatic carbocycles. The van der Waals surface area contributed by atoms with E-state index in [9.17, 15) is 35.4 Å². The van der Waals surface area contributed by atoms with Crippen LogP contribution in [0, 0.1) is 17.3 Å². The number of aryl methyl sites for hydroxylation is 1. The van der Waals surface area contributed by atoms with Gasteiger partial charge in [0.1, 0.15) is 30.2 Å². The van der Waals surface area contributed by atoms with Crippen molar-refractivity contribution < 1.29 is 74.5 Å². The summed E-state index contributed by atoms with van der Waals surface area (Å²) in [5.41, 5.74) is 2.02. The number of aliphatic hydroxyl groups is 4. The number of carboxylic acids is 1. The molecule has 1 aromatic rings. The first-order valence-corrected chi connectivity index (χ1v) is 11.7. The quantitative estimate of drug-likeness (QED) is 0.270. The summed E-state index contributed by atoms with van der Waals surface area (Å²) in [5.74, 6) is -0.652. The van der Waals surface area contributed by atoms with Crippen LogP contribution in [-0.2, 0) is 20.7 Å². The largest absolute Gasteiger partial charge is 1.00 e. The Hall–Kier alpha value is -0.750. The zero-order valence-corrected chi connectivity index (χ0v) is 21.4. The summed E-state index contributed by atoms with van der Waals surface area (Å²) in [6, 6.07) is 5.56. The Morgan fingerprint density at radius 2 is 1.88 bits per heavy atom. The summed E-state index contributed by atoms with van der Waals surface area (Å²) < 4.78 is 11.1. The molecule has 0 radical (unpaired) electrons. The van der Waals surface area contributed by atoms with Crippen LogP contribution < -0.4 is 34.7 Å². The predicted octanol–water partition coefficient (Wildman–Crippen LogP) is -3.83. The molecule has 11 atom stereocenters. The van der Waals surface area contributed by atoms with Crippen LogP contribution >= 0.6 is 0 Å². The Labute approximate surface area is 220 Å². The molecule has 0 bridgehead atoms. The second kappa shape index (κ2) is 9.61. The Morgan fingerprint density at radius 1 is 1.15 bits per heavy atom. The fourth-order valence-electron chi connectivity index (χ4n) is 6.99. The number of hydrogen-bond donors (Lipinski definition) is 5. The Kier molecular flexibility index (Phi) is 7.44. The summed E-state index contributed by atoms with van der Waals surface area (Å²) in [6.45, 7) is 2.05. The smallest absolute Gasteiger partial charge is 0.547 e. The second-order valence-corrected chi connectivity index (χ2v) is 10.4. The van der Waals surface area contributed by atoms with Crippen LogP contribution in [-0.4, -0.2) is 74.4 Å². The fraction of sp³-hybridized carbons (Fsp3) is 0.708. The molecule has 9 nitrogen and oxygen atoms in total. The molecule has 5 rings (SSSR count). The van der Waals surface area contributed by atoms with Gasteiger partial charge in [0.25, 0.3) is 0 Å². The van der Waals surface area contributed by atoms with Gasteiger partial charge in [-0.15, -0.1) is 0 Å². The van der Waals surface area contributed by atoms with Gasteiger partial charge in [0, 0.05) is 0 Å². The predicted molar refractivity (Wildman–Crippen MR) is 111 cm³/mol. The number of benzene rings is 1. The van der Waals surface area contributed by atoms with E-state index in [1.165, 1.54) is 11.1 Å². The van der Waals surface area contributed by atoms with E-state index < -0.39 is 54.3 Å². The molecule has 1 heterocycles. The molecule has 2 saturated carbocycles. The van der Waals surface area contributed by atoms with Crippen molar-refractivity contribution in [2.45, 2.75) is 87.9 Å². The second-order valence-electron chi connectivity index (χ2n) is 10.4. The molecule has 3 fully saturated rings. The number of phenols is 1. The summed E-state index contributed by atoms with van der Waals surface area (Å²) in [4.78, 5) is 11.3. The van der Waals surface area contributed by atoms with Crippen LogP contribution in [0.4, 0.5) is 0 Å². The van der Waals surface area contributed by atoms with Crippen LogP contribution in [0.25, 0.3) is 0 Å². The minimum Gasteiger partial charge on any atom is -0.547 e. The Balaban J connectivity index is 0.00000274. The molecular formula is C24H31NaO9. The van der Waals surface area contributed by atoms with Crippen LogP contribution in [0.5, 0.6) is 5.75 Å². The maximum absolute atomic E-state index is 11.3. The van der Waals surface area contributed by atoms with E-state index in [0.717, 1.165) is 25.7 Å². The van der Waals surface area contributed by atoms with Crippen molar-refractivity contribution in [3.8, 4) is 5.75 Å². The number of hydrogen-bond acceptors (Lipinski definition) is 9. The SMILES string of the molecule is C[C@]12CC[C@@H]3c4ccc(O)cc4CC[C@H]3[C@@H]1C[C@@H](O[C@@H]1O[C@H](C(=O)[O-])[C@@H](O)[C@H](O)[C@H]1O)[C@@H]2O.[Na+]. The van der Waals surface area contributed by atoms with E-state index in [-0.39, 0.29) is 41.2 Å². The third kappa shape index (κ3) is 4.13. The number of carboxylic acid groups (broad SMARTS) is 1. The minimum absolute atomic E-state index is 0. The third-order valence-corrected chi connectivity index (χ3v) is 8.77. The topological polar surface area (TPSA) is 160 Å². The monoisotopic (exact) mass is 486 g/mol. The Bertz CT molecular complexity index is 928. The van der Waals surface area contributed by atoms with Gasteiger partial charge in [0.15, 0.2) is 6.29 Å². The molecule has 4 aliphatic rings. The normalized spacial score (nSPS) is 45.4. The van der Waals surface area contributed by atoms with Gasteiger partial charge < -0.3 is 44.9 Å². The summed E-state index contributed by atoms with van der Waals surface area (Å²) in [7, 11) is 0. The minimum atomic E-state index is -1.85. The van der Waals surface area contributed by atoms with E-state index in [0.29, 0.717) is 18.3 Å². The molecule has 1 saturated heterocycles. The van der Waals surface area contributed by atoms with E-state index in [2.05, 4.69) is 6.92 Å². The zero-order valence-electron chi connectivity index (χ0n) is 19.4. The first-order valence-electron chi connectivity index (χ1n) is 11.7. The molecule has 10 heteroatoms. The molecule has 0 amide bonds. The summed E-state index contributed by atoms with van der Waals surface area (Å²) in [6.07, 6.45) is -6.26. The average Bonchev–Trinajstić information content (AvgIpc) is 3.03. The van der Waals surface area contributed by atoms with Gasteiger partial charge in [0.05, 0.1) is 18.2 Å². The van der Waals surface area contributed by atoms with Crippen LogP contribution in [0.3, 0.4) is 0 Å². The molecule has 5 N–H and O–H groups in total. The number of carbonyl (C=O) groups excluding carboxylic acids is 1. The average molecular weight is 486 g/mol. The molecular weight excluding hydrogens is 455 g/mol. The van der Waals surface area contributed by atoms with E-state index in [4.69, 9.17) is 9.47 Å². The van der Waals surface area contributed by atoms with Gasteiger partial charge >= 0.3 is 29.6 Å². The number of rotatable bonds is 3. The van der Waals surface area contributed by atoms with Gasteiger partial charge in [-0.25, -0.2) is 0 Å². The number of carbonyl (C=O) groups is 1. The van der Waals surface area contributed by atoms with E-state index in [1.54, 1.807) is 6.07 Å². The van der Waals surface area contributed by atoms with E-state index >= 15 is 0 Å². The van der Waals surface area contributed by atoms with Crippen molar-refractivity contribution in [1.82, 2.24) is 0 Å². The number of ether oxygens (including phenoxy) is 2. The van der Waals surface area contributed by atoms with Gasteiger partial charge in [0.2, 0.25) is 0 Å². The van der Waals surface area contributed by atoms with Crippen molar-refractivity contribution in [1.29, 1.82) is 0 Å².